The molecule has 0 amide bonds. The van der Waals surface area contributed by atoms with Crippen LogP contribution in [0.4, 0.5) is 0 Å². The van der Waals surface area contributed by atoms with E-state index < -0.39 is 0 Å². The van der Waals surface area contributed by atoms with Gasteiger partial charge in [0.05, 0.1) is 11.1 Å². The van der Waals surface area contributed by atoms with E-state index in [1.165, 1.54) is 0 Å². The van der Waals surface area contributed by atoms with Crippen molar-refractivity contribution in [2.45, 2.75) is 51.2 Å². The lowest BCUT2D eigenvalue weighted by atomic mass is 9.91. The molecule has 0 saturated heterocycles. The average molecular weight is 273 g/mol. The minimum atomic E-state index is 0.00521. The molecule has 1 aliphatic rings. The first kappa shape index (κ1) is 13.7. The zero-order valence-corrected chi connectivity index (χ0v) is 12.2. The lowest BCUT2D eigenvalue weighted by Crippen LogP contribution is -2.52. The Bertz CT molecular complexity index is 419. The lowest BCUT2D eigenvalue weighted by Gasteiger charge is -2.40. The highest BCUT2D eigenvalue weighted by Crippen LogP contribution is 2.35. The predicted octanol–water partition coefficient (Wildman–Crippen LogP) is 2.59. The largest absolute Gasteiger partial charge is 0.484 e. The molecule has 4 nitrogen and oxygen atoms in total. The quantitative estimate of drug-likeness (QED) is 0.773. The van der Waals surface area contributed by atoms with Crippen LogP contribution in [0.25, 0.3) is 0 Å². The van der Waals surface area contributed by atoms with E-state index in [-0.39, 0.29) is 17.6 Å². The third-order valence-corrected chi connectivity index (χ3v) is 3.83. The predicted molar refractivity (Wildman–Crippen MR) is 71.4 cm³/mol. The number of ether oxygens (including phenoxy) is 2. The molecule has 3 unspecified atom stereocenters. The van der Waals surface area contributed by atoms with Crippen LogP contribution in [0.2, 0.25) is 0 Å². The SMILES string of the molecule is CCCOC1C(Cl)CC1Oc1c(C)nn(C)c1C. The number of nitrogens with zero attached hydrogens (tertiary/aromatic N) is 2. The van der Waals surface area contributed by atoms with Gasteiger partial charge in [-0.15, -0.1) is 11.6 Å². The smallest absolute Gasteiger partial charge is 0.163 e. The Morgan fingerprint density at radius 3 is 2.67 bits per heavy atom. The second-order valence-electron chi connectivity index (χ2n) is 4.87. The van der Waals surface area contributed by atoms with Gasteiger partial charge in [0.25, 0.3) is 0 Å². The molecule has 102 valence electrons. The summed E-state index contributed by atoms with van der Waals surface area (Å²) in [5, 5.41) is 4.41. The fourth-order valence-corrected chi connectivity index (χ4v) is 2.59. The summed E-state index contributed by atoms with van der Waals surface area (Å²) in [6.07, 6.45) is 1.90. The first-order chi connectivity index (χ1) is 8.54. The third-order valence-electron chi connectivity index (χ3n) is 3.41. The summed E-state index contributed by atoms with van der Waals surface area (Å²) < 4.78 is 13.6. The molecular formula is C13H21ClN2O2. The summed E-state index contributed by atoms with van der Waals surface area (Å²) in [4.78, 5) is 0. The molecule has 18 heavy (non-hydrogen) atoms. The van der Waals surface area contributed by atoms with Gasteiger partial charge in [-0.25, -0.2) is 0 Å². The molecule has 1 fully saturated rings. The first-order valence-corrected chi connectivity index (χ1v) is 6.90. The van der Waals surface area contributed by atoms with E-state index in [9.17, 15) is 0 Å². The molecule has 0 aliphatic heterocycles. The third kappa shape index (κ3) is 2.50. The fraction of sp³-hybridized carbons (Fsp3) is 0.769. The Balaban J connectivity index is 2.01. The summed E-state index contributed by atoms with van der Waals surface area (Å²) in [5.41, 5.74) is 1.96. The molecule has 0 bridgehead atoms. The van der Waals surface area contributed by atoms with Crippen molar-refractivity contribution in [3.05, 3.63) is 11.4 Å². The maximum absolute atomic E-state index is 6.17. The maximum atomic E-state index is 6.17. The van der Waals surface area contributed by atoms with Gasteiger partial charge >= 0.3 is 0 Å². The molecule has 1 aromatic rings. The molecule has 1 aliphatic carbocycles. The molecular weight excluding hydrogens is 252 g/mol. The summed E-state index contributed by atoms with van der Waals surface area (Å²) in [6, 6.07) is 0. The minimum Gasteiger partial charge on any atom is -0.484 e. The molecule has 2 rings (SSSR count). The van der Waals surface area contributed by atoms with Crippen LogP contribution in [0.5, 0.6) is 5.75 Å². The van der Waals surface area contributed by atoms with E-state index in [2.05, 4.69) is 12.0 Å². The summed E-state index contributed by atoms with van der Waals surface area (Å²) in [6.45, 7) is 6.79. The van der Waals surface area contributed by atoms with Gasteiger partial charge in [0, 0.05) is 20.1 Å². The zero-order valence-electron chi connectivity index (χ0n) is 11.4. The van der Waals surface area contributed by atoms with Crippen LogP contribution < -0.4 is 4.74 Å². The Labute approximate surface area is 113 Å². The van der Waals surface area contributed by atoms with Crippen molar-refractivity contribution < 1.29 is 9.47 Å². The zero-order chi connectivity index (χ0) is 13.3. The van der Waals surface area contributed by atoms with Crippen molar-refractivity contribution in [3.63, 3.8) is 0 Å². The maximum Gasteiger partial charge on any atom is 0.163 e. The highest BCUT2D eigenvalue weighted by molar-refractivity contribution is 6.21. The molecule has 1 aromatic heterocycles. The summed E-state index contributed by atoms with van der Waals surface area (Å²) in [7, 11) is 1.92. The van der Waals surface area contributed by atoms with Crippen molar-refractivity contribution in [1.29, 1.82) is 0 Å². The van der Waals surface area contributed by atoms with Crippen LogP contribution in [0.1, 0.15) is 31.2 Å². The number of halogens is 1. The van der Waals surface area contributed by atoms with E-state index in [1.54, 1.807) is 0 Å². The molecule has 0 aromatic carbocycles. The number of alkyl halides is 1. The van der Waals surface area contributed by atoms with Crippen LogP contribution in [-0.4, -0.2) is 34.0 Å². The number of hydrogen-bond acceptors (Lipinski definition) is 3. The monoisotopic (exact) mass is 272 g/mol. The van der Waals surface area contributed by atoms with Crippen molar-refractivity contribution in [2.75, 3.05) is 6.61 Å². The van der Waals surface area contributed by atoms with E-state index in [0.29, 0.717) is 0 Å². The number of rotatable bonds is 5. The van der Waals surface area contributed by atoms with Crippen LogP contribution in [0.3, 0.4) is 0 Å². The Morgan fingerprint density at radius 1 is 1.44 bits per heavy atom. The van der Waals surface area contributed by atoms with Gasteiger partial charge in [0.2, 0.25) is 0 Å². The van der Waals surface area contributed by atoms with Gasteiger partial charge in [-0.3, -0.25) is 4.68 Å². The second-order valence-corrected chi connectivity index (χ2v) is 5.43. The normalized spacial score (nSPS) is 27.1. The average Bonchev–Trinajstić information content (AvgIpc) is 2.55. The van der Waals surface area contributed by atoms with Gasteiger partial charge in [0.1, 0.15) is 17.9 Å². The van der Waals surface area contributed by atoms with Gasteiger partial charge in [-0.05, 0) is 20.3 Å². The highest BCUT2D eigenvalue weighted by Gasteiger charge is 2.43. The molecule has 1 saturated carbocycles. The molecule has 0 spiro atoms. The van der Waals surface area contributed by atoms with Crippen LogP contribution in [-0.2, 0) is 11.8 Å². The van der Waals surface area contributed by atoms with Crippen molar-refractivity contribution in [3.8, 4) is 5.75 Å². The van der Waals surface area contributed by atoms with E-state index in [0.717, 1.165) is 36.6 Å². The molecule has 0 radical (unpaired) electrons. The number of aryl methyl sites for hydroxylation is 2. The van der Waals surface area contributed by atoms with Crippen LogP contribution in [0.15, 0.2) is 0 Å². The van der Waals surface area contributed by atoms with Crippen LogP contribution in [0, 0.1) is 13.8 Å². The van der Waals surface area contributed by atoms with Crippen molar-refractivity contribution in [2.24, 2.45) is 7.05 Å². The van der Waals surface area contributed by atoms with Gasteiger partial charge in [-0.1, -0.05) is 6.92 Å². The van der Waals surface area contributed by atoms with Crippen molar-refractivity contribution >= 4 is 11.6 Å². The topological polar surface area (TPSA) is 36.3 Å². The van der Waals surface area contributed by atoms with Gasteiger partial charge in [-0.2, -0.15) is 5.10 Å². The second kappa shape index (κ2) is 5.49. The van der Waals surface area contributed by atoms with Crippen LogP contribution >= 0.6 is 11.6 Å². The first-order valence-electron chi connectivity index (χ1n) is 6.47. The summed E-state index contributed by atoms with van der Waals surface area (Å²) in [5.74, 6) is 0.871. The summed E-state index contributed by atoms with van der Waals surface area (Å²) >= 11 is 6.17. The molecule has 3 atom stereocenters. The molecule has 0 N–H and O–H groups in total. The Kier molecular flexibility index (Phi) is 4.17. The van der Waals surface area contributed by atoms with Gasteiger partial charge in [0.15, 0.2) is 5.75 Å². The Hall–Kier alpha value is -0.740. The number of hydrogen-bond donors (Lipinski definition) is 0. The van der Waals surface area contributed by atoms with E-state index in [4.69, 9.17) is 21.1 Å². The minimum absolute atomic E-state index is 0.00521. The van der Waals surface area contributed by atoms with Crippen molar-refractivity contribution in [1.82, 2.24) is 9.78 Å². The Morgan fingerprint density at radius 2 is 2.17 bits per heavy atom. The lowest BCUT2D eigenvalue weighted by molar-refractivity contribution is -0.0801. The van der Waals surface area contributed by atoms with E-state index in [1.807, 2.05) is 25.6 Å². The number of aromatic nitrogens is 2. The van der Waals surface area contributed by atoms with Gasteiger partial charge < -0.3 is 9.47 Å². The highest BCUT2D eigenvalue weighted by atomic mass is 35.5. The molecule has 1 heterocycles. The van der Waals surface area contributed by atoms with E-state index >= 15 is 0 Å². The fourth-order valence-electron chi connectivity index (χ4n) is 2.18. The standard InChI is InChI=1S/C13H21ClN2O2/c1-5-6-17-13-10(14)7-11(13)18-12-8(2)15-16(4)9(12)3/h10-11,13H,5-7H2,1-4H3. The molecule has 5 heteroatoms.